The molecule has 0 spiro atoms. The number of sulfonamides is 1. The monoisotopic (exact) mass is 329 g/mol. The van der Waals surface area contributed by atoms with Gasteiger partial charge >= 0.3 is 11.9 Å². The summed E-state index contributed by atoms with van der Waals surface area (Å²) < 4.78 is 35.2. The molecule has 8 heteroatoms. The lowest BCUT2D eigenvalue weighted by atomic mass is 10.2. The van der Waals surface area contributed by atoms with Crippen LogP contribution in [0.3, 0.4) is 0 Å². The van der Waals surface area contributed by atoms with Crippen LogP contribution in [0.25, 0.3) is 0 Å². The van der Waals surface area contributed by atoms with Crippen molar-refractivity contribution in [2.75, 3.05) is 20.8 Å². The topological polar surface area (TPSA) is 90.0 Å². The van der Waals surface area contributed by atoms with E-state index >= 15 is 0 Å². The van der Waals surface area contributed by atoms with Crippen molar-refractivity contribution in [3.63, 3.8) is 0 Å². The van der Waals surface area contributed by atoms with Crippen molar-refractivity contribution in [2.45, 2.75) is 24.8 Å². The van der Waals surface area contributed by atoms with Gasteiger partial charge < -0.3 is 9.47 Å². The van der Waals surface area contributed by atoms with Gasteiger partial charge in [0, 0.05) is 0 Å². The van der Waals surface area contributed by atoms with Crippen LogP contribution in [0.15, 0.2) is 29.2 Å². The van der Waals surface area contributed by atoms with Crippen molar-refractivity contribution >= 4 is 22.0 Å². The standard InChI is InChI=1S/C14H19NO6S/c1-10-5-7-12(8-6-10)22(18,19)15(9-13(16)20-3)11(2)14(17)21-4/h5-8,11H,9H2,1-4H3. The molecule has 0 aliphatic rings. The molecule has 0 aliphatic heterocycles. The molecule has 0 N–H and O–H groups in total. The van der Waals surface area contributed by atoms with Gasteiger partial charge in [0.25, 0.3) is 0 Å². The Hall–Kier alpha value is -1.93. The van der Waals surface area contributed by atoms with Crippen LogP contribution >= 0.6 is 0 Å². The molecule has 0 saturated heterocycles. The van der Waals surface area contributed by atoms with E-state index in [4.69, 9.17) is 0 Å². The second-order valence-electron chi connectivity index (χ2n) is 4.64. The lowest BCUT2D eigenvalue weighted by Crippen LogP contribution is -2.46. The van der Waals surface area contributed by atoms with E-state index in [1.807, 2.05) is 6.92 Å². The highest BCUT2D eigenvalue weighted by Crippen LogP contribution is 2.19. The molecule has 1 aromatic carbocycles. The van der Waals surface area contributed by atoms with E-state index in [0.717, 1.165) is 24.1 Å². The summed E-state index contributed by atoms with van der Waals surface area (Å²) in [5.74, 6) is -1.54. The number of hydrogen-bond acceptors (Lipinski definition) is 6. The molecule has 0 radical (unpaired) electrons. The number of hydrogen-bond donors (Lipinski definition) is 0. The van der Waals surface area contributed by atoms with Gasteiger partial charge in [-0.15, -0.1) is 0 Å². The zero-order valence-corrected chi connectivity index (χ0v) is 13.7. The fourth-order valence-electron chi connectivity index (χ4n) is 1.76. The lowest BCUT2D eigenvalue weighted by Gasteiger charge is -2.25. The molecule has 122 valence electrons. The number of rotatable bonds is 6. The van der Waals surface area contributed by atoms with Crippen molar-refractivity contribution < 1.29 is 27.5 Å². The third-order valence-electron chi connectivity index (χ3n) is 3.11. The number of benzene rings is 1. The number of ether oxygens (including phenoxy) is 2. The van der Waals surface area contributed by atoms with E-state index in [2.05, 4.69) is 9.47 Å². The molecular weight excluding hydrogens is 310 g/mol. The number of carbonyl (C=O) groups excluding carboxylic acids is 2. The molecule has 0 saturated carbocycles. The maximum Gasteiger partial charge on any atom is 0.323 e. The zero-order chi connectivity index (χ0) is 16.9. The average Bonchev–Trinajstić information content (AvgIpc) is 2.51. The Morgan fingerprint density at radius 2 is 1.68 bits per heavy atom. The molecule has 0 aliphatic carbocycles. The molecule has 0 bridgehead atoms. The van der Waals surface area contributed by atoms with Crippen molar-refractivity contribution in [1.29, 1.82) is 0 Å². The maximum absolute atomic E-state index is 12.7. The lowest BCUT2D eigenvalue weighted by molar-refractivity contribution is -0.146. The predicted molar refractivity (Wildman–Crippen MR) is 78.6 cm³/mol. The summed E-state index contributed by atoms with van der Waals surface area (Å²) in [5.41, 5.74) is 0.888. The predicted octanol–water partition coefficient (Wildman–Crippen LogP) is 0.720. The third kappa shape index (κ3) is 4.05. The van der Waals surface area contributed by atoms with E-state index in [-0.39, 0.29) is 4.90 Å². The quantitative estimate of drug-likeness (QED) is 0.714. The first-order valence-electron chi connectivity index (χ1n) is 6.47. The number of esters is 2. The Bertz CT molecular complexity index is 638. The Balaban J connectivity index is 3.26. The molecule has 0 heterocycles. The van der Waals surface area contributed by atoms with E-state index in [1.165, 1.54) is 19.1 Å². The zero-order valence-electron chi connectivity index (χ0n) is 12.9. The smallest absolute Gasteiger partial charge is 0.323 e. The first-order valence-corrected chi connectivity index (χ1v) is 7.91. The van der Waals surface area contributed by atoms with Gasteiger partial charge in [0.2, 0.25) is 10.0 Å². The summed E-state index contributed by atoms with van der Waals surface area (Å²) >= 11 is 0. The molecule has 1 rings (SSSR count). The highest BCUT2D eigenvalue weighted by atomic mass is 32.2. The molecular formula is C14H19NO6S. The van der Waals surface area contributed by atoms with E-state index < -0.39 is 34.5 Å². The Labute approximate surface area is 129 Å². The average molecular weight is 329 g/mol. The summed E-state index contributed by atoms with van der Waals surface area (Å²) in [6.45, 7) is 2.59. The van der Waals surface area contributed by atoms with E-state index in [1.54, 1.807) is 12.1 Å². The van der Waals surface area contributed by atoms with E-state index in [0.29, 0.717) is 0 Å². The first kappa shape index (κ1) is 18.1. The fourth-order valence-corrected chi connectivity index (χ4v) is 3.28. The van der Waals surface area contributed by atoms with Crippen LogP contribution in [0.2, 0.25) is 0 Å². The summed E-state index contributed by atoms with van der Waals surface area (Å²) in [5, 5.41) is 0. The molecule has 1 unspecified atom stereocenters. The van der Waals surface area contributed by atoms with Gasteiger partial charge in [0.05, 0.1) is 19.1 Å². The van der Waals surface area contributed by atoms with Crippen LogP contribution < -0.4 is 0 Å². The maximum atomic E-state index is 12.7. The molecule has 7 nitrogen and oxygen atoms in total. The molecule has 0 aromatic heterocycles. The number of carbonyl (C=O) groups is 2. The molecule has 1 aromatic rings. The van der Waals surface area contributed by atoms with Gasteiger partial charge in [-0.05, 0) is 26.0 Å². The minimum atomic E-state index is -4.05. The molecule has 0 amide bonds. The van der Waals surface area contributed by atoms with Crippen molar-refractivity contribution in [1.82, 2.24) is 4.31 Å². The molecule has 1 atom stereocenters. The Kier molecular flexibility index (Phi) is 6.07. The normalized spacial score (nSPS) is 12.8. The van der Waals surface area contributed by atoms with Gasteiger partial charge in [0.15, 0.2) is 0 Å². The SMILES string of the molecule is COC(=O)CN(C(C)C(=O)OC)S(=O)(=O)c1ccc(C)cc1. The summed E-state index contributed by atoms with van der Waals surface area (Å²) in [6, 6.07) is 4.94. The van der Waals surface area contributed by atoms with Crippen LogP contribution in [0, 0.1) is 6.92 Å². The summed E-state index contributed by atoms with van der Waals surface area (Å²) in [7, 11) is -1.76. The number of methoxy groups -OCH3 is 2. The van der Waals surface area contributed by atoms with Crippen molar-refractivity contribution in [2.24, 2.45) is 0 Å². The van der Waals surface area contributed by atoms with E-state index in [9.17, 15) is 18.0 Å². The second-order valence-corrected chi connectivity index (χ2v) is 6.53. The van der Waals surface area contributed by atoms with Crippen LogP contribution in [-0.2, 0) is 29.1 Å². The minimum Gasteiger partial charge on any atom is -0.468 e. The number of nitrogens with zero attached hydrogens (tertiary/aromatic N) is 1. The highest BCUT2D eigenvalue weighted by Gasteiger charge is 2.35. The van der Waals surface area contributed by atoms with Crippen LogP contribution in [0.1, 0.15) is 12.5 Å². The molecule has 0 fully saturated rings. The third-order valence-corrected chi connectivity index (χ3v) is 5.05. The van der Waals surface area contributed by atoms with Crippen LogP contribution in [-0.4, -0.2) is 51.5 Å². The van der Waals surface area contributed by atoms with Gasteiger partial charge in [-0.1, -0.05) is 17.7 Å². The summed E-state index contributed by atoms with van der Waals surface area (Å²) in [6.07, 6.45) is 0. The molecule has 22 heavy (non-hydrogen) atoms. The van der Waals surface area contributed by atoms with Gasteiger partial charge in [-0.2, -0.15) is 4.31 Å². The van der Waals surface area contributed by atoms with Gasteiger partial charge in [-0.25, -0.2) is 8.42 Å². The highest BCUT2D eigenvalue weighted by molar-refractivity contribution is 7.89. The largest absolute Gasteiger partial charge is 0.468 e. The Morgan fingerprint density at radius 1 is 1.14 bits per heavy atom. The fraction of sp³-hybridized carbons (Fsp3) is 0.429. The minimum absolute atomic E-state index is 0.0160. The van der Waals surface area contributed by atoms with Crippen LogP contribution in [0.5, 0.6) is 0 Å². The number of aryl methyl sites for hydroxylation is 1. The first-order chi connectivity index (χ1) is 10.2. The van der Waals surface area contributed by atoms with Gasteiger partial charge in [0.1, 0.15) is 12.6 Å². The summed E-state index contributed by atoms with van der Waals surface area (Å²) in [4.78, 5) is 23.1. The van der Waals surface area contributed by atoms with Gasteiger partial charge in [-0.3, -0.25) is 9.59 Å². The van der Waals surface area contributed by atoms with Crippen molar-refractivity contribution in [3.05, 3.63) is 29.8 Å². The van der Waals surface area contributed by atoms with Crippen LogP contribution in [0.4, 0.5) is 0 Å². The Morgan fingerprint density at radius 3 is 2.14 bits per heavy atom. The second kappa shape index (κ2) is 7.37. The van der Waals surface area contributed by atoms with Crippen molar-refractivity contribution in [3.8, 4) is 0 Å².